The van der Waals surface area contributed by atoms with Crippen molar-refractivity contribution < 1.29 is 4.74 Å². The standard InChI is InChI=1S/C11H8BrIN2O/c12-7-1-2-8-9(5-7)16-4-3-15-10(13)6-14-11(8)15/h1-2,5-6H,3-4H2. The molecule has 5 heteroatoms. The van der Waals surface area contributed by atoms with E-state index in [2.05, 4.69) is 48.1 Å². The van der Waals surface area contributed by atoms with Crippen molar-refractivity contribution in [1.29, 1.82) is 0 Å². The largest absolute Gasteiger partial charge is 0.491 e. The van der Waals surface area contributed by atoms with Crippen LogP contribution in [0.15, 0.2) is 28.9 Å². The molecule has 1 aromatic carbocycles. The summed E-state index contributed by atoms with van der Waals surface area (Å²) in [7, 11) is 0. The van der Waals surface area contributed by atoms with Gasteiger partial charge in [-0.25, -0.2) is 4.98 Å². The number of halogens is 2. The lowest BCUT2D eigenvalue weighted by Gasteiger charge is -2.05. The molecule has 0 fully saturated rings. The second-order valence-corrected chi connectivity index (χ2v) is 5.57. The van der Waals surface area contributed by atoms with Crippen LogP contribution in [0.4, 0.5) is 0 Å². The zero-order valence-electron chi connectivity index (χ0n) is 8.28. The van der Waals surface area contributed by atoms with E-state index in [4.69, 9.17) is 4.74 Å². The van der Waals surface area contributed by atoms with Gasteiger partial charge in [0.2, 0.25) is 0 Å². The Labute approximate surface area is 115 Å². The van der Waals surface area contributed by atoms with Gasteiger partial charge >= 0.3 is 0 Å². The van der Waals surface area contributed by atoms with Crippen LogP contribution < -0.4 is 4.74 Å². The molecule has 1 aliphatic heterocycles. The molecule has 16 heavy (non-hydrogen) atoms. The first kappa shape index (κ1) is 10.6. The smallest absolute Gasteiger partial charge is 0.144 e. The molecule has 0 aliphatic carbocycles. The summed E-state index contributed by atoms with van der Waals surface area (Å²) in [5.74, 6) is 1.89. The minimum absolute atomic E-state index is 0.683. The zero-order chi connectivity index (χ0) is 11.1. The maximum absolute atomic E-state index is 5.73. The number of rotatable bonds is 0. The quantitative estimate of drug-likeness (QED) is 0.645. The van der Waals surface area contributed by atoms with Gasteiger partial charge in [-0.2, -0.15) is 0 Å². The summed E-state index contributed by atoms with van der Waals surface area (Å²) >= 11 is 5.75. The third kappa shape index (κ3) is 1.66. The van der Waals surface area contributed by atoms with Gasteiger partial charge in [0.1, 0.15) is 21.9 Å². The Morgan fingerprint density at radius 2 is 2.31 bits per heavy atom. The average Bonchev–Trinajstić information content (AvgIpc) is 2.54. The molecule has 1 aliphatic rings. The monoisotopic (exact) mass is 390 g/mol. The van der Waals surface area contributed by atoms with E-state index in [0.29, 0.717) is 6.61 Å². The molecule has 82 valence electrons. The summed E-state index contributed by atoms with van der Waals surface area (Å²) in [5, 5.41) is 0. The maximum Gasteiger partial charge on any atom is 0.144 e. The minimum atomic E-state index is 0.683. The fourth-order valence-electron chi connectivity index (χ4n) is 1.83. The van der Waals surface area contributed by atoms with Crippen LogP contribution in [0.3, 0.4) is 0 Å². The van der Waals surface area contributed by atoms with Crippen molar-refractivity contribution in [3.05, 3.63) is 32.6 Å². The summed E-state index contributed by atoms with van der Waals surface area (Å²) in [6, 6.07) is 6.05. The lowest BCUT2D eigenvalue weighted by molar-refractivity contribution is 0.305. The van der Waals surface area contributed by atoms with Gasteiger partial charge in [-0.05, 0) is 40.8 Å². The molecule has 0 N–H and O–H groups in total. The maximum atomic E-state index is 5.73. The van der Waals surface area contributed by atoms with Crippen molar-refractivity contribution >= 4 is 38.5 Å². The number of nitrogens with zero attached hydrogens (tertiary/aromatic N) is 2. The summed E-state index contributed by atoms with van der Waals surface area (Å²) in [6.45, 7) is 1.53. The molecule has 0 amide bonds. The van der Waals surface area contributed by atoms with Crippen molar-refractivity contribution in [1.82, 2.24) is 9.55 Å². The molecule has 1 aromatic heterocycles. The first-order chi connectivity index (χ1) is 7.75. The van der Waals surface area contributed by atoms with Crippen LogP contribution in [0.1, 0.15) is 0 Å². The second kappa shape index (κ2) is 4.03. The van der Waals surface area contributed by atoms with Gasteiger partial charge in [0.05, 0.1) is 18.3 Å². The van der Waals surface area contributed by atoms with Crippen LogP contribution in [-0.4, -0.2) is 16.2 Å². The fourth-order valence-corrected chi connectivity index (χ4v) is 2.78. The topological polar surface area (TPSA) is 27.1 Å². The van der Waals surface area contributed by atoms with E-state index >= 15 is 0 Å². The highest BCUT2D eigenvalue weighted by Gasteiger charge is 2.18. The molecular formula is C11H8BrIN2O. The Morgan fingerprint density at radius 1 is 1.44 bits per heavy atom. The van der Waals surface area contributed by atoms with E-state index in [1.54, 1.807) is 0 Å². The molecular weight excluding hydrogens is 383 g/mol. The molecule has 0 spiro atoms. The van der Waals surface area contributed by atoms with Gasteiger partial charge < -0.3 is 9.30 Å². The van der Waals surface area contributed by atoms with E-state index in [1.165, 1.54) is 0 Å². The Bertz CT molecular complexity index is 553. The van der Waals surface area contributed by atoms with E-state index in [-0.39, 0.29) is 0 Å². The van der Waals surface area contributed by atoms with Crippen LogP contribution in [0.25, 0.3) is 11.4 Å². The number of hydrogen-bond donors (Lipinski definition) is 0. The highest BCUT2D eigenvalue weighted by molar-refractivity contribution is 14.1. The molecule has 0 atom stereocenters. The average molecular weight is 391 g/mol. The first-order valence-electron chi connectivity index (χ1n) is 4.89. The van der Waals surface area contributed by atoms with Gasteiger partial charge in [0, 0.05) is 4.47 Å². The number of benzene rings is 1. The van der Waals surface area contributed by atoms with Crippen LogP contribution in [0, 0.1) is 3.70 Å². The normalized spacial score (nSPS) is 13.6. The Kier molecular flexibility index (Phi) is 2.67. The third-order valence-electron chi connectivity index (χ3n) is 2.56. The highest BCUT2D eigenvalue weighted by atomic mass is 127. The predicted molar refractivity (Wildman–Crippen MR) is 73.6 cm³/mol. The van der Waals surface area contributed by atoms with Gasteiger partial charge in [-0.15, -0.1) is 0 Å². The van der Waals surface area contributed by atoms with Gasteiger partial charge in [0.15, 0.2) is 0 Å². The summed E-state index contributed by atoms with van der Waals surface area (Å²) in [6.07, 6.45) is 1.90. The molecule has 0 radical (unpaired) electrons. The number of ether oxygens (including phenoxy) is 1. The number of imidazole rings is 1. The van der Waals surface area contributed by atoms with Crippen molar-refractivity contribution in [2.75, 3.05) is 6.61 Å². The zero-order valence-corrected chi connectivity index (χ0v) is 12.0. The first-order valence-corrected chi connectivity index (χ1v) is 6.76. The van der Waals surface area contributed by atoms with Crippen LogP contribution in [0.5, 0.6) is 5.75 Å². The molecule has 0 saturated heterocycles. The molecule has 2 aromatic rings. The predicted octanol–water partition coefficient (Wildman–Crippen LogP) is 3.31. The highest BCUT2D eigenvalue weighted by Crippen LogP contribution is 2.34. The van der Waals surface area contributed by atoms with Crippen LogP contribution in [-0.2, 0) is 6.54 Å². The van der Waals surface area contributed by atoms with Crippen LogP contribution in [0.2, 0.25) is 0 Å². The minimum Gasteiger partial charge on any atom is -0.491 e. The Hall–Kier alpha value is -0.560. The van der Waals surface area contributed by atoms with Gasteiger partial charge in [0.25, 0.3) is 0 Å². The van der Waals surface area contributed by atoms with E-state index in [0.717, 1.165) is 31.9 Å². The van der Waals surface area contributed by atoms with Crippen molar-refractivity contribution in [3.63, 3.8) is 0 Å². The lowest BCUT2D eigenvalue weighted by atomic mass is 10.2. The molecule has 0 unspecified atom stereocenters. The van der Waals surface area contributed by atoms with Gasteiger partial charge in [-0.1, -0.05) is 15.9 Å². The number of aromatic nitrogens is 2. The Balaban J connectivity index is 2.25. The SMILES string of the molecule is Brc1ccc2c(c1)OCCn1c(I)cnc1-2. The molecule has 2 heterocycles. The summed E-state index contributed by atoms with van der Waals surface area (Å²) < 4.78 is 10.1. The van der Waals surface area contributed by atoms with Crippen LogP contribution >= 0.6 is 38.5 Å². The van der Waals surface area contributed by atoms with Gasteiger partial charge in [-0.3, -0.25) is 0 Å². The molecule has 0 saturated carbocycles. The molecule has 3 rings (SSSR count). The lowest BCUT2D eigenvalue weighted by Crippen LogP contribution is -2.06. The number of fused-ring (bicyclic) bond motifs is 3. The second-order valence-electron chi connectivity index (χ2n) is 3.55. The van der Waals surface area contributed by atoms with E-state index in [1.807, 2.05) is 24.4 Å². The number of hydrogen-bond acceptors (Lipinski definition) is 2. The summed E-state index contributed by atoms with van der Waals surface area (Å²) in [4.78, 5) is 4.45. The van der Waals surface area contributed by atoms with Crippen molar-refractivity contribution in [2.24, 2.45) is 0 Å². The third-order valence-corrected chi connectivity index (χ3v) is 3.92. The van der Waals surface area contributed by atoms with Crippen molar-refractivity contribution in [3.8, 4) is 17.1 Å². The Morgan fingerprint density at radius 3 is 3.19 bits per heavy atom. The van der Waals surface area contributed by atoms with E-state index < -0.39 is 0 Å². The molecule has 0 bridgehead atoms. The summed E-state index contributed by atoms with van der Waals surface area (Å²) in [5.41, 5.74) is 1.06. The van der Waals surface area contributed by atoms with Crippen molar-refractivity contribution in [2.45, 2.75) is 6.54 Å². The van der Waals surface area contributed by atoms with E-state index in [9.17, 15) is 0 Å². The molecule has 3 nitrogen and oxygen atoms in total. The fraction of sp³-hybridized carbons (Fsp3) is 0.182.